The Morgan fingerprint density at radius 2 is 1.87 bits per heavy atom. The van der Waals surface area contributed by atoms with E-state index in [1.54, 1.807) is 0 Å². The molecule has 0 bridgehead atoms. The number of carbonyl (C=O) groups is 2. The molecule has 3 heteroatoms. The monoisotopic (exact) mass is 208 g/mol. The molecule has 15 heavy (non-hydrogen) atoms. The molecule has 82 valence electrons. The van der Waals surface area contributed by atoms with Gasteiger partial charge in [-0.05, 0) is 18.3 Å². The molecule has 0 aromatic carbocycles. The number of rotatable bonds is 2. The summed E-state index contributed by atoms with van der Waals surface area (Å²) >= 11 is 0. The molecule has 1 aliphatic carbocycles. The van der Waals surface area contributed by atoms with Crippen LogP contribution in [0.5, 0.6) is 0 Å². The molecule has 4 atom stereocenters. The lowest BCUT2D eigenvalue weighted by Crippen LogP contribution is -2.32. The van der Waals surface area contributed by atoms with Gasteiger partial charge in [0.2, 0.25) is 0 Å². The summed E-state index contributed by atoms with van der Waals surface area (Å²) in [6.07, 6.45) is 6.09. The minimum Gasteiger partial charge on any atom is -0.393 e. The van der Waals surface area contributed by atoms with Crippen LogP contribution in [0.15, 0.2) is 12.2 Å². The molecule has 1 aliphatic heterocycles. The Hall–Kier alpha value is -1.12. The molecule has 1 saturated heterocycles. The second-order valence-electron chi connectivity index (χ2n) is 4.49. The second-order valence-corrected chi connectivity index (χ2v) is 4.49. The van der Waals surface area contributed by atoms with E-state index >= 15 is 0 Å². The normalized spacial score (nSPS) is 39.1. The molecule has 1 fully saturated rings. The summed E-state index contributed by atoms with van der Waals surface area (Å²) in [6, 6.07) is 0. The summed E-state index contributed by atoms with van der Waals surface area (Å²) in [5.74, 6) is -0.795. The highest BCUT2D eigenvalue weighted by Gasteiger charge is 2.50. The third-order valence-electron chi connectivity index (χ3n) is 3.44. The summed E-state index contributed by atoms with van der Waals surface area (Å²) in [7, 11) is 0. The Labute approximate surface area is 89.5 Å². The predicted octanol–water partition coefficient (Wildman–Crippen LogP) is 1.92. The molecule has 1 heterocycles. The van der Waals surface area contributed by atoms with Crippen molar-refractivity contribution < 1.29 is 14.3 Å². The van der Waals surface area contributed by atoms with Crippen molar-refractivity contribution in [1.29, 1.82) is 0 Å². The van der Waals surface area contributed by atoms with Crippen LogP contribution in [0, 0.1) is 23.7 Å². The Balaban J connectivity index is 2.28. The van der Waals surface area contributed by atoms with E-state index in [4.69, 9.17) is 4.74 Å². The van der Waals surface area contributed by atoms with E-state index < -0.39 is 0 Å². The molecule has 4 unspecified atom stereocenters. The molecule has 0 aromatic rings. The van der Waals surface area contributed by atoms with Crippen molar-refractivity contribution in [2.24, 2.45) is 23.7 Å². The van der Waals surface area contributed by atoms with Crippen molar-refractivity contribution in [2.75, 3.05) is 0 Å². The average Bonchev–Trinajstić information content (AvgIpc) is 2.48. The fraction of sp³-hybridized carbons (Fsp3) is 0.667. The number of hydrogen-bond donors (Lipinski definition) is 0. The molecule has 0 radical (unpaired) electrons. The third-order valence-corrected chi connectivity index (χ3v) is 3.44. The van der Waals surface area contributed by atoms with Gasteiger partial charge in [-0.1, -0.05) is 32.4 Å². The fourth-order valence-corrected chi connectivity index (χ4v) is 2.68. The lowest BCUT2D eigenvalue weighted by atomic mass is 9.71. The van der Waals surface area contributed by atoms with Gasteiger partial charge < -0.3 is 4.74 Å². The standard InChI is InChI=1S/C12H16O3/c1-3-4-8-6-5-7(2)9-10(8)12(14)15-11(9)13/h5-10H,3-4H2,1-2H3. The number of carbonyl (C=O) groups excluding carboxylic acids is 2. The summed E-state index contributed by atoms with van der Waals surface area (Å²) in [5.41, 5.74) is 0. The van der Waals surface area contributed by atoms with Crippen molar-refractivity contribution in [3.05, 3.63) is 12.2 Å². The Kier molecular flexibility index (Phi) is 2.63. The van der Waals surface area contributed by atoms with E-state index in [0.29, 0.717) is 0 Å². The minimum atomic E-state index is -0.331. The van der Waals surface area contributed by atoms with Crippen LogP contribution < -0.4 is 0 Å². The quantitative estimate of drug-likeness (QED) is 0.395. The Morgan fingerprint density at radius 3 is 2.53 bits per heavy atom. The number of hydrogen-bond acceptors (Lipinski definition) is 3. The summed E-state index contributed by atoms with van der Waals surface area (Å²) < 4.78 is 4.74. The lowest BCUT2D eigenvalue weighted by Gasteiger charge is -2.28. The molecule has 2 aliphatic rings. The number of cyclic esters (lactones) is 2. The van der Waals surface area contributed by atoms with E-state index in [2.05, 4.69) is 13.0 Å². The molecular weight excluding hydrogens is 192 g/mol. The van der Waals surface area contributed by atoms with Crippen molar-refractivity contribution >= 4 is 11.9 Å². The van der Waals surface area contributed by atoms with Gasteiger partial charge in [0.25, 0.3) is 0 Å². The molecule has 0 saturated carbocycles. The maximum absolute atomic E-state index is 11.6. The average molecular weight is 208 g/mol. The summed E-state index contributed by atoms with van der Waals surface area (Å²) in [4.78, 5) is 23.1. The van der Waals surface area contributed by atoms with Crippen LogP contribution in [0.4, 0.5) is 0 Å². The number of esters is 2. The molecular formula is C12H16O3. The topological polar surface area (TPSA) is 43.4 Å². The van der Waals surface area contributed by atoms with Gasteiger partial charge in [-0.3, -0.25) is 9.59 Å². The van der Waals surface area contributed by atoms with Gasteiger partial charge >= 0.3 is 11.9 Å². The van der Waals surface area contributed by atoms with E-state index in [1.165, 1.54) is 0 Å². The second kappa shape index (κ2) is 3.80. The summed E-state index contributed by atoms with van der Waals surface area (Å²) in [5, 5.41) is 0. The zero-order chi connectivity index (χ0) is 11.0. The van der Waals surface area contributed by atoms with Gasteiger partial charge in [0.1, 0.15) is 0 Å². The van der Waals surface area contributed by atoms with E-state index in [0.717, 1.165) is 12.8 Å². The zero-order valence-electron chi connectivity index (χ0n) is 9.10. The van der Waals surface area contributed by atoms with Gasteiger partial charge in [0, 0.05) is 0 Å². The molecule has 2 rings (SSSR count). The van der Waals surface area contributed by atoms with Crippen molar-refractivity contribution in [3.8, 4) is 0 Å². The SMILES string of the molecule is CCCC1C=CC(C)C2C(=O)OC(=O)C12. The zero-order valence-corrected chi connectivity index (χ0v) is 9.10. The van der Waals surface area contributed by atoms with Gasteiger partial charge in [-0.15, -0.1) is 0 Å². The van der Waals surface area contributed by atoms with Crippen LogP contribution in [0.1, 0.15) is 26.7 Å². The van der Waals surface area contributed by atoms with Crippen LogP contribution in [0.2, 0.25) is 0 Å². The Morgan fingerprint density at radius 1 is 1.20 bits per heavy atom. The minimum absolute atomic E-state index is 0.127. The van der Waals surface area contributed by atoms with Crippen LogP contribution >= 0.6 is 0 Å². The first-order valence-corrected chi connectivity index (χ1v) is 5.59. The molecule has 0 aromatic heterocycles. The largest absolute Gasteiger partial charge is 0.393 e. The summed E-state index contributed by atoms with van der Waals surface area (Å²) in [6.45, 7) is 4.05. The first-order valence-electron chi connectivity index (χ1n) is 5.59. The first-order chi connectivity index (χ1) is 7.15. The highest BCUT2D eigenvalue weighted by atomic mass is 16.6. The van der Waals surface area contributed by atoms with Crippen LogP contribution in [0.25, 0.3) is 0 Å². The highest BCUT2D eigenvalue weighted by Crippen LogP contribution is 2.41. The fourth-order valence-electron chi connectivity index (χ4n) is 2.68. The number of ether oxygens (including phenoxy) is 1. The Bertz CT molecular complexity index is 319. The molecule has 0 spiro atoms. The van der Waals surface area contributed by atoms with Gasteiger partial charge in [0.15, 0.2) is 0 Å². The van der Waals surface area contributed by atoms with E-state index in [9.17, 15) is 9.59 Å². The predicted molar refractivity (Wildman–Crippen MR) is 54.8 cm³/mol. The smallest absolute Gasteiger partial charge is 0.318 e. The van der Waals surface area contributed by atoms with Crippen molar-refractivity contribution in [1.82, 2.24) is 0 Å². The van der Waals surface area contributed by atoms with Gasteiger partial charge in [0.05, 0.1) is 11.8 Å². The third kappa shape index (κ3) is 1.60. The maximum atomic E-state index is 11.6. The van der Waals surface area contributed by atoms with Gasteiger partial charge in [-0.2, -0.15) is 0 Å². The van der Waals surface area contributed by atoms with Crippen molar-refractivity contribution in [3.63, 3.8) is 0 Å². The maximum Gasteiger partial charge on any atom is 0.318 e. The van der Waals surface area contributed by atoms with Crippen LogP contribution in [-0.4, -0.2) is 11.9 Å². The molecule has 3 nitrogen and oxygen atoms in total. The van der Waals surface area contributed by atoms with E-state index in [1.807, 2.05) is 13.0 Å². The lowest BCUT2D eigenvalue weighted by molar-refractivity contribution is -0.154. The number of allylic oxidation sites excluding steroid dienone is 2. The first kappa shape index (κ1) is 10.4. The van der Waals surface area contributed by atoms with E-state index in [-0.39, 0.29) is 35.6 Å². The molecule has 0 amide bonds. The number of fused-ring (bicyclic) bond motifs is 1. The molecule has 0 N–H and O–H groups in total. The van der Waals surface area contributed by atoms with Crippen LogP contribution in [-0.2, 0) is 14.3 Å². The van der Waals surface area contributed by atoms with Crippen LogP contribution in [0.3, 0.4) is 0 Å². The highest BCUT2D eigenvalue weighted by molar-refractivity contribution is 5.97. The van der Waals surface area contributed by atoms with Crippen molar-refractivity contribution in [2.45, 2.75) is 26.7 Å². The van der Waals surface area contributed by atoms with Gasteiger partial charge in [-0.25, -0.2) is 0 Å².